The second kappa shape index (κ2) is 5.28. The van der Waals surface area contributed by atoms with Crippen molar-refractivity contribution in [1.29, 1.82) is 0 Å². The zero-order chi connectivity index (χ0) is 14.8. The summed E-state index contributed by atoms with van der Waals surface area (Å²) in [7, 11) is 0. The number of amides is 1. The molecule has 0 aromatic heterocycles. The van der Waals surface area contributed by atoms with Gasteiger partial charge in [0.15, 0.2) is 0 Å². The lowest BCUT2D eigenvalue weighted by Gasteiger charge is -2.12. The quantitative estimate of drug-likeness (QED) is 0.807. The Morgan fingerprint density at radius 1 is 1.14 bits per heavy atom. The van der Waals surface area contributed by atoms with E-state index in [1.54, 1.807) is 12.1 Å². The zero-order valence-electron chi connectivity index (χ0n) is 11.2. The number of nitrogens with one attached hydrogen (secondary N) is 2. The number of para-hydroxylation sites is 1. The second-order valence-corrected chi connectivity index (χ2v) is 4.93. The number of hydrogen-bond acceptors (Lipinski definition) is 3. The molecule has 3 rings (SSSR count). The molecular weight excluding hydrogens is 268 g/mol. The first-order valence-corrected chi connectivity index (χ1v) is 6.62. The third kappa shape index (κ3) is 2.72. The molecule has 5 heteroatoms. The van der Waals surface area contributed by atoms with Crippen LogP contribution in [0.5, 0.6) is 0 Å². The molecule has 1 aliphatic heterocycles. The number of carboxylic acid groups (broad SMARTS) is 1. The Balaban J connectivity index is 1.71. The van der Waals surface area contributed by atoms with Crippen LogP contribution in [0.2, 0.25) is 0 Å². The Hall–Kier alpha value is -2.82. The Kier molecular flexibility index (Phi) is 3.31. The molecule has 2 aromatic carbocycles. The molecule has 0 radical (unpaired) electrons. The SMILES string of the molecule is O=C(O)c1cccc(NC(=O)C2Cc3ccccc3N2)c1. The number of fused-ring (bicyclic) bond motifs is 1. The van der Waals surface area contributed by atoms with Gasteiger partial charge in [-0.05, 0) is 29.8 Å². The molecule has 0 aliphatic carbocycles. The highest BCUT2D eigenvalue weighted by atomic mass is 16.4. The first-order valence-electron chi connectivity index (χ1n) is 6.62. The van der Waals surface area contributed by atoms with Crippen molar-refractivity contribution in [2.45, 2.75) is 12.5 Å². The van der Waals surface area contributed by atoms with Gasteiger partial charge in [-0.1, -0.05) is 24.3 Å². The van der Waals surface area contributed by atoms with E-state index in [0.717, 1.165) is 11.3 Å². The molecule has 5 nitrogen and oxygen atoms in total. The van der Waals surface area contributed by atoms with Crippen LogP contribution >= 0.6 is 0 Å². The highest BCUT2D eigenvalue weighted by Crippen LogP contribution is 2.25. The number of carboxylic acids is 1. The van der Waals surface area contributed by atoms with Gasteiger partial charge in [0.25, 0.3) is 0 Å². The number of carbonyl (C=O) groups excluding carboxylic acids is 1. The largest absolute Gasteiger partial charge is 0.478 e. The van der Waals surface area contributed by atoms with Crippen LogP contribution in [0.25, 0.3) is 0 Å². The maximum absolute atomic E-state index is 12.2. The van der Waals surface area contributed by atoms with Gasteiger partial charge < -0.3 is 15.7 Å². The molecule has 1 amide bonds. The summed E-state index contributed by atoms with van der Waals surface area (Å²) in [4.78, 5) is 23.2. The lowest BCUT2D eigenvalue weighted by atomic mass is 10.1. The highest BCUT2D eigenvalue weighted by Gasteiger charge is 2.26. The van der Waals surface area contributed by atoms with E-state index in [9.17, 15) is 9.59 Å². The van der Waals surface area contributed by atoms with Crippen LogP contribution in [0.3, 0.4) is 0 Å². The summed E-state index contributed by atoms with van der Waals surface area (Å²) in [6.07, 6.45) is 0.626. The summed E-state index contributed by atoms with van der Waals surface area (Å²) in [5.74, 6) is -1.19. The van der Waals surface area contributed by atoms with Gasteiger partial charge in [-0.3, -0.25) is 4.79 Å². The predicted octanol–water partition coefficient (Wildman–Crippen LogP) is 2.36. The normalized spacial score (nSPS) is 15.9. The molecule has 21 heavy (non-hydrogen) atoms. The standard InChI is InChI=1S/C16H14N2O3/c19-15(14-9-10-4-1-2-7-13(10)18-14)17-12-6-3-5-11(8-12)16(20)21/h1-8,14,18H,9H2,(H,17,19)(H,20,21). The Bertz CT molecular complexity index is 687. The van der Waals surface area contributed by atoms with Crippen molar-refractivity contribution in [3.63, 3.8) is 0 Å². The number of aromatic carboxylic acids is 1. The van der Waals surface area contributed by atoms with Crippen LogP contribution in [0.1, 0.15) is 15.9 Å². The first kappa shape index (κ1) is 13.2. The van der Waals surface area contributed by atoms with E-state index >= 15 is 0 Å². The van der Waals surface area contributed by atoms with Gasteiger partial charge in [-0.15, -0.1) is 0 Å². The van der Waals surface area contributed by atoms with Gasteiger partial charge in [-0.25, -0.2) is 4.79 Å². The second-order valence-electron chi connectivity index (χ2n) is 4.93. The van der Waals surface area contributed by atoms with Crippen molar-refractivity contribution in [3.05, 3.63) is 59.7 Å². The molecule has 1 atom stereocenters. The minimum Gasteiger partial charge on any atom is -0.478 e. The summed E-state index contributed by atoms with van der Waals surface area (Å²) in [5.41, 5.74) is 2.71. The number of carbonyl (C=O) groups is 2. The van der Waals surface area contributed by atoms with Gasteiger partial charge in [0.1, 0.15) is 6.04 Å². The monoisotopic (exact) mass is 282 g/mol. The number of hydrogen-bond donors (Lipinski definition) is 3. The van der Waals surface area contributed by atoms with Crippen LogP contribution in [0.4, 0.5) is 11.4 Å². The molecule has 0 spiro atoms. The van der Waals surface area contributed by atoms with Crippen LogP contribution < -0.4 is 10.6 Å². The molecule has 1 heterocycles. The van der Waals surface area contributed by atoms with Crippen molar-refractivity contribution in [2.75, 3.05) is 10.6 Å². The molecule has 3 N–H and O–H groups in total. The summed E-state index contributed by atoms with van der Waals surface area (Å²) in [6, 6.07) is 13.7. The molecule has 1 unspecified atom stereocenters. The average Bonchev–Trinajstić information content (AvgIpc) is 2.91. The van der Waals surface area contributed by atoms with Gasteiger partial charge >= 0.3 is 5.97 Å². The minimum absolute atomic E-state index is 0.149. The van der Waals surface area contributed by atoms with Crippen molar-refractivity contribution < 1.29 is 14.7 Å². The predicted molar refractivity (Wildman–Crippen MR) is 79.6 cm³/mol. The fourth-order valence-corrected chi connectivity index (χ4v) is 2.42. The fourth-order valence-electron chi connectivity index (χ4n) is 2.42. The van der Waals surface area contributed by atoms with E-state index in [1.807, 2.05) is 24.3 Å². The van der Waals surface area contributed by atoms with E-state index in [1.165, 1.54) is 12.1 Å². The van der Waals surface area contributed by atoms with Crippen LogP contribution in [-0.2, 0) is 11.2 Å². The van der Waals surface area contributed by atoms with E-state index in [-0.39, 0.29) is 17.5 Å². The summed E-state index contributed by atoms with van der Waals surface area (Å²) >= 11 is 0. The Morgan fingerprint density at radius 3 is 2.71 bits per heavy atom. The Labute approximate surface area is 121 Å². The average molecular weight is 282 g/mol. The van der Waals surface area contributed by atoms with E-state index in [0.29, 0.717) is 12.1 Å². The van der Waals surface area contributed by atoms with Crippen molar-refractivity contribution >= 4 is 23.3 Å². The van der Waals surface area contributed by atoms with Gasteiger partial charge in [0, 0.05) is 17.8 Å². The third-order valence-corrected chi connectivity index (χ3v) is 3.46. The highest BCUT2D eigenvalue weighted by molar-refractivity contribution is 5.99. The van der Waals surface area contributed by atoms with Crippen LogP contribution in [0, 0.1) is 0 Å². The lowest BCUT2D eigenvalue weighted by molar-refractivity contribution is -0.116. The Morgan fingerprint density at radius 2 is 1.95 bits per heavy atom. The van der Waals surface area contributed by atoms with Gasteiger partial charge in [-0.2, -0.15) is 0 Å². The summed E-state index contributed by atoms with van der Waals surface area (Å²) < 4.78 is 0. The van der Waals surface area contributed by atoms with Crippen LogP contribution in [0.15, 0.2) is 48.5 Å². The number of anilines is 2. The molecule has 0 saturated heterocycles. The fraction of sp³-hybridized carbons (Fsp3) is 0.125. The number of rotatable bonds is 3. The minimum atomic E-state index is -1.02. The van der Waals surface area contributed by atoms with Crippen molar-refractivity contribution in [3.8, 4) is 0 Å². The van der Waals surface area contributed by atoms with E-state index in [4.69, 9.17) is 5.11 Å². The van der Waals surface area contributed by atoms with Crippen molar-refractivity contribution in [1.82, 2.24) is 0 Å². The zero-order valence-corrected chi connectivity index (χ0v) is 11.2. The van der Waals surface area contributed by atoms with E-state index < -0.39 is 5.97 Å². The maximum atomic E-state index is 12.2. The number of benzene rings is 2. The van der Waals surface area contributed by atoms with Gasteiger partial charge in [0.05, 0.1) is 5.56 Å². The molecule has 2 aromatic rings. The summed E-state index contributed by atoms with van der Waals surface area (Å²) in [5, 5.41) is 14.9. The molecular formula is C16H14N2O3. The first-order chi connectivity index (χ1) is 10.1. The molecule has 0 bridgehead atoms. The lowest BCUT2D eigenvalue weighted by Crippen LogP contribution is -2.32. The van der Waals surface area contributed by atoms with Crippen molar-refractivity contribution in [2.24, 2.45) is 0 Å². The van der Waals surface area contributed by atoms with Crippen LogP contribution in [-0.4, -0.2) is 23.0 Å². The van der Waals surface area contributed by atoms with E-state index in [2.05, 4.69) is 10.6 Å². The van der Waals surface area contributed by atoms with Gasteiger partial charge in [0.2, 0.25) is 5.91 Å². The maximum Gasteiger partial charge on any atom is 0.335 e. The smallest absolute Gasteiger partial charge is 0.335 e. The molecule has 0 saturated carbocycles. The summed E-state index contributed by atoms with van der Waals surface area (Å²) in [6.45, 7) is 0. The molecule has 106 valence electrons. The molecule has 0 fully saturated rings. The molecule has 1 aliphatic rings. The topological polar surface area (TPSA) is 78.4 Å². The third-order valence-electron chi connectivity index (χ3n) is 3.46.